The summed E-state index contributed by atoms with van der Waals surface area (Å²) in [4.78, 5) is 18.3. The van der Waals surface area contributed by atoms with Crippen molar-refractivity contribution >= 4 is 46.3 Å². The van der Waals surface area contributed by atoms with E-state index in [-0.39, 0.29) is 11.7 Å². The Bertz CT molecular complexity index is 1080. The van der Waals surface area contributed by atoms with E-state index in [9.17, 15) is 4.79 Å². The van der Waals surface area contributed by atoms with Crippen molar-refractivity contribution in [2.45, 2.75) is 20.8 Å². The largest absolute Gasteiger partial charge is 0.318 e. The number of halogens is 1. The predicted octanol–water partition coefficient (Wildman–Crippen LogP) is 4.91. The number of aliphatic imine (C=N–C) groups is 1. The number of fused-ring (bicyclic) bond motifs is 1. The lowest BCUT2D eigenvalue weighted by atomic mass is 10.1. The topological polar surface area (TPSA) is 61.5 Å². The first kappa shape index (κ1) is 17.8. The molecular formula is C20H17ClN4OS. The molecule has 0 fully saturated rings. The monoisotopic (exact) mass is 396 g/mol. The molecule has 0 spiro atoms. The third-order valence-corrected chi connectivity index (χ3v) is 5.84. The third kappa shape index (κ3) is 2.95. The molecule has 2 aliphatic rings. The molecule has 3 heterocycles. The van der Waals surface area contributed by atoms with Crippen LogP contribution in [0.25, 0.3) is 11.8 Å². The number of amides is 1. The quantitative estimate of drug-likeness (QED) is 0.733. The van der Waals surface area contributed by atoms with Crippen molar-refractivity contribution in [2.24, 2.45) is 4.99 Å². The maximum absolute atomic E-state index is 12.5. The highest BCUT2D eigenvalue weighted by molar-refractivity contribution is 8.16. The smallest absolute Gasteiger partial charge is 0.283 e. The highest BCUT2D eigenvalue weighted by atomic mass is 35.5. The van der Waals surface area contributed by atoms with Crippen molar-refractivity contribution in [3.8, 4) is 5.69 Å². The van der Waals surface area contributed by atoms with Crippen LogP contribution in [0.3, 0.4) is 0 Å². The van der Waals surface area contributed by atoms with Gasteiger partial charge in [-0.25, -0.2) is 0 Å². The second kappa shape index (κ2) is 6.55. The molecule has 2 aromatic rings. The van der Waals surface area contributed by atoms with Gasteiger partial charge in [0, 0.05) is 27.8 Å². The molecule has 4 rings (SSSR count). The van der Waals surface area contributed by atoms with Gasteiger partial charge < -0.3 is 4.57 Å². The summed E-state index contributed by atoms with van der Waals surface area (Å²) < 4.78 is 2.10. The number of benzene rings is 1. The zero-order valence-electron chi connectivity index (χ0n) is 15.1. The van der Waals surface area contributed by atoms with E-state index in [1.807, 2.05) is 56.5 Å². The molecule has 1 aromatic carbocycles. The molecule has 0 saturated carbocycles. The Hall–Kier alpha value is -2.57. The minimum Gasteiger partial charge on any atom is -0.318 e. The van der Waals surface area contributed by atoms with Crippen molar-refractivity contribution in [3.05, 3.63) is 69.0 Å². The second-order valence-electron chi connectivity index (χ2n) is 6.46. The van der Waals surface area contributed by atoms with E-state index in [2.05, 4.69) is 9.56 Å². The molecule has 1 aromatic heterocycles. The first-order chi connectivity index (χ1) is 12.9. The van der Waals surface area contributed by atoms with E-state index in [1.54, 1.807) is 11.0 Å². The number of nitrogens with one attached hydrogen (secondary N) is 1. The summed E-state index contributed by atoms with van der Waals surface area (Å²) in [5.41, 5.74) is 5.11. The number of hydrogen-bond acceptors (Lipinski definition) is 3. The summed E-state index contributed by atoms with van der Waals surface area (Å²) >= 11 is 7.37. The molecule has 0 aliphatic carbocycles. The van der Waals surface area contributed by atoms with Crippen LogP contribution in [0.4, 0.5) is 0 Å². The van der Waals surface area contributed by atoms with Gasteiger partial charge in [0.1, 0.15) is 5.84 Å². The van der Waals surface area contributed by atoms with Crippen molar-refractivity contribution in [1.82, 2.24) is 9.47 Å². The molecule has 0 bridgehead atoms. The van der Waals surface area contributed by atoms with Gasteiger partial charge in [-0.2, -0.15) is 4.99 Å². The van der Waals surface area contributed by atoms with Crippen LogP contribution < -0.4 is 0 Å². The SMILES string of the molecule is CC1=CSC2=NC(=O)C(=Cc3cc(C)n(-c4ccc(Cl)cc4)c3C)C(=N)N12. The molecule has 136 valence electrons. The van der Waals surface area contributed by atoms with Crippen LogP contribution in [0.15, 0.2) is 52.0 Å². The standard InChI is InChI=1S/C20H17ClN4OS/c1-11-8-14(13(3)24(11)16-6-4-15(21)5-7-16)9-17-18(22)25-12(2)10-27-20(25)23-19(17)26/h4-10,22H,1-3H3. The first-order valence-electron chi connectivity index (χ1n) is 8.39. The number of hydrogen-bond donors (Lipinski definition) is 1. The molecule has 2 aliphatic heterocycles. The average Bonchev–Trinajstić information content (AvgIpc) is 3.12. The molecule has 0 saturated heterocycles. The minimum atomic E-state index is -0.377. The Balaban J connectivity index is 1.78. The van der Waals surface area contributed by atoms with Crippen LogP contribution in [0, 0.1) is 19.3 Å². The summed E-state index contributed by atoms with van der Waals surface area (Å²) in [5.74, 6) is -0.210. The van der Waals surface area contributed by atoms with E-state index >= 15 is 0 Å². The molecular weight excluding hydrogens is 380 g/mol. The lowest BCUT2D eigenvalue weighted by molar-refractivity contribution is -0.114. The van der Waals surface area contributed by atoms with E-state index in [0.717, 1.165) is 28.3 Å². The normalized spacial score (nSPS) is 18.1. The van der Waals surface area contributed by atoms with Crippen LogP contribution in [0.5, 0.6) is 0 Å². The van der Waals surface area contributed by atoms with Crippen molar-refractivity contribution in [3.63, 3.8) is 0 Å². The van der Waals surface area contributed by atoms with Gasteiger partial charge >= 0.3 is 0 Å². The summed E-state index contributed by atoms with van der Waals surface area (Å²) in [6.45, 7) is 5.91. The minimum absolute atomic E-state index is 0.167. The van der Waals surface area contributed by atoms with E-state index in [4.69, 9.17) is 17.0 Å². The molecule has 27 heavy (non-hydrogen) atoms. The van der Waals surface area contributed by atoms with Gasteiger partial charge in [-0.1, -0.05) is 23.4 Å². The Morgan fingerprint density at radius 2 is 1.89 bits per heavy atom. The van der Waals surface area contributed by atoms with Crippen LogP contribution in [-0.2, 0) is 4.79 Å². The molecule has 1 N–H and O–H groups in total. The van der Waals surface area contributed by atoms with E-state index < -0.39 is 0 Å². The van der Waals surface area contributed by atoms with Crippen molar-refractivity contribution < 1.29 is 4.79 Å². The fraction of sp³-hybridized carbons (Fsp3) is 0.150. The Morgan fingerprint density at radius 3 is 2.59 bits per heavy atom. The third-order valence-electron chi connectivity index (χ3n) is 4.64. The zero-order valence-corrected chi connectivity index (χ0v) is 16.6. The van der Waals surface area contributed by atoms with Crippen LogP contribution in [-0.4, -0.2) is 26.4 Å². The van der Waals surface area contributed by atoms with Crippen molar-refractivity contribution in [2.75, 3.05) is 0 Å². The maximum Gasteiger partial charge on any atom is 0.283 e. The summed E-state index contributed by atoms with van der Waals surface area (Å²) in [6, 6.07) is 9.63. The number of amidine groups is 2. The molecule has 0 radical (unpaired) electrons. The van der Waals surface area contributed by atoms with Gasteiger partial charge in [0.05, 0.1) is 5.57 Å². The van der Waals surface area contributed by atoms with Gasteiger partial charge in [-0.15, -0.1) is 0 Å². The van der Waals surface area contributed by atoms with Gasteiger partial charge in [-0.3, -0.25) is 15.1 Å². The predicted molar refractivity (Wildman–Crippen MR) is 112 cm³/mol. The van der Waals surface area contributed by atoms with Gasteiger partial charge in [0.25, 0.3) is 5.91 Å². The zero-order chi connectivity index (χ0) is 19.3. The van der Waals surface area contributed by atoms with E-state index in [0.29, 0.717) is 15.8 Å². The average molecular weight is 397 g/mol. The van der Waals surface area contributed by atoms with Gasteiger partial charge in [0.15, 0.2) is 5.17 Å². The number of aryl methyl sites for hydroxylation is 1. The van der Waals surface area contributed by atoms with Crippen molar-refractivity contribution in [1.29, 1.82) is 5.41 Å². The molecule has 7 heteroatoms. The maximum atomic E-state index is 12.5. The highest BCUT2D eigenvalue weighted by Crippen LogP contribution is 2.32. The number of allylic oxidation sites excluding steroid dienone is 1. The number of thioether (sulfide) groups is 1. The summed E-state index contributed by atoms with van der Waals surface area (Å²) in [7, 11) is 0. The second-order valence-corrected chi connectivity index (χ2v) is 7.73. The van der Waals surface area contributed by atoms with Crippen LogP contribution in [0.1, 0.15) is 23.9 Å². The molecule has 5 nitrogen and oxygen atoms in total. The summed E-state index contributed by atoms with van der Waals surface area (Å²) in [5, 5.41) is 11.6. The number of rotatable bonds is 2. The summed E-state index contributed by atoms with van der Waals surface area (Å²) in [6.07, 6.45) is 1.76. The molecule has 1 amide bonds. The number of carbonyl (C=O) groups excluding carboxylic acids is 1. The van der Waals surface area contributed by atoms with Gasteiger partial charge in [-0.05, 0) is 68.2 Å². The van der Waals surface area contributed by atoms with Crippen LogP contribution >= 0.6 is 23.4 Å². The Morgan fingerprint density at radius 1 is 1.19 bits per heavy atom. The Kier molecular flexibility index (Phi) is 4.32. The fourth-order valence-corrected chi connectivity index (χ4v) is 4.30. The number of aromatic nitrogens is 1. The lowest BCUT2D eigenvalue weighted by Gasteiger charge is -2.25. The highest BCUT2D eigenvalue weighted by Gasteiger charge is 2.34. The number of carbonyl (C=O) groups is 1. The van der Waals surface area contributed by atoms with E-state index in [1.165, 1.54) is 11.8 Å². The first-order valence-corrected chi connectivity index (χ1v) is 9.64. The van der Waals surface area contributed by atoms with Gasteiger partial charge in [0.2, 0.25) is 0 Å². The Labute approximate surface area is 166 Å². The molecule has 0 unspecified atom stereocenters. The lowest BCUT2D eigenvalue weighted by Crippen LogP contribution is -2.37. The molecule has 0 atom stereocenters. The van der Waals surface area contributed by atoms with Crippen LogP contribution in [0.2, 0.25) is 5.02 Å². The number of nitrogens with zero attached hydrogens (tertiary/aromatic N) is 3. The fourth-order valence-electron chi connectivity index (χ4n) is 3.32.